The van der Waals surface area contributed by atoms with Crippen LogP contribution < -0.4 is 14.8 Å². The van der Waals surface area contributed by atoms with Crippen molar-refractivity contribution in [3.63, 3.8) is 0 Å². The van der Waals surface area contributed by atoms with E-state index in [4.69, 9.17) is 9.47 Å². The van der Waals surface area contributed by atoms with Crippen molar-refractivity contribution in [2.24, 2.45) is 0 Å². The molecule has 0 bridgehead atoms. The fraction of sp³-hybridized carbons (Fsp3) is 0.227. The molecule has 3 aromatic rings. The number of rotatable bonds is 7. The van der Waals surface area contributed by atoms with Gasteiger partial charge in [-0.1, -0.05) is 18.2 Å². The number of carbonyl (C=O) groups excluding carboxylic acids is 2. The average Bonchev–Trinajstić information content (AvgIpc) is 3.23. The topological polar surface area (TPSA) is 80.8 Å². The number of benzene rings is 2. The molecule has 156 valence electrons. The van der Waals surface area contributed by atoms with Crippen molar-refractivity contribution < 1.29 is 19.1 Å². The number of amides is 2. The molecule has 0 unspecified atom stereocenters. The molecule has 8 heteroatoms. The van der Waals surface area contributed by atoms with Crippen LogP contribution in [0.15, 0.2) is 47.8 Å². The zero-order chi connectivity index (χ0) is 21.7. The number of thiazole rings is 1. The van der Waals surface area contributed by atoms with E-state index in [-0.39, 0.29) is 11.8 Å². The Hall–Kier alpha value is -3.39. The van der Waals surface area contributed by atoms with Crippen molar-refractivity contribution in [3.8, 4) is 22.1 Å². The fourth-order valence-corrected chi connectivity index (χ4v) is 3.71. The lowest BCUT2D eigenvalue weighted by molar-refractivity contribution is -0.128. The van der Waals surface area contributed by atoms with E-state index in [9.17, 15) is 9.59 Å². The monoisotopic (exact) mass is 425 g/mol. The van der Waals surface area contributed by atoms with Crippen LogP contribution in [0, 0.1) is 0 Å². The molecule has 7 nitrogen and oxygen atoms in total. The van der Waals surface area contributed by atoms with E-state index in [1.54, 1.807) is 43.7 Å². The van der Waals surface area contributed by atoms with E-state index in [1.165, 1.54) is 18.3 Å². The van der Waals surface area contributed by atoms with E-state index in [2.05, 4.69) is 10.3 Å². The number of ether oxygens (including phenoxy) is 2. The van der Waals surface area contributed by atoms with Gasteiger partial charge < -0.3 is 19.7 Å². The molecule has 0 fully saturated rings. The SMILES string of the molecule is COc1cccc(-c2nc(C(=O)Nc3cccc(CN(C)C(C)=O)c3)cs2)c1OC. The van der Waals surface area contributed by atoms with Crippen LogP contribution >= 0.6 is 11.3 Å². The highest BCUT2D eigenvalue weighted by atomic mass is 32.1. The first kappa shape index (κ1) is 21.3. The fourth-order valence-electron chi connectivity index (χ4n) is 2.89. The molecule has 3 rings (SSSR count). The van der Waals surface area contributed by atoms with Gasteiger partial charge in [0.15, 0.2) is 11.5 Å². The molecular formula is C22H23N3O4S. The standard InChI is InChI=1S/C22H23N3O4S/c1-14(26)25(2)12-15-7-5-8-16(11-15)23-21(27)18-13-30-22(24-18)17-9-6-10-19(28-3)20(17)29-4/h5-11,13H,12H2,1-4H3,(H,23,27). The summed E-state index contributed by atoms with van der Waals surface area (Å²) in [5.74, 6) is 0.844. The largest absolute Gasteiger partial charge is 0.493 e. The third-order valence-corrected chi connectivity index (χ3v) is 5.39. The molecule has 2 aromatic carbocycles. The number of hydrogen-bond acceptors (Lipinski definition) is 6. The number of nitrogens with one attached hydrogen (secondary N) is 1. The first-order valence-electron chi connectivity index (χ1n) is 9.21. The van der Waals surface area contributed by atoms with Gasteiger partial charge in [-0.3, -0.25) is 9.59 Å². The second kappa shape index (κ2) is 9.41. The van der Waals surface area contributed by atoms with Gasteiger partial charge in [0.25, 0.3) is 5.91 Å². The highest BCUT2D eigenvalue weighted by Gasteiger charge is 2.17. The maximum Gasteiger partial charge on any atom is 0.275 e. The summed E-state index contributed by atoms with van der Waals surface area (Å²) in [6, 6.07) is 12.9. The number of methoxy groups -OCH3 is 2. The molecule has 1 N–H and O–H groups in total. The summed E-state index contributed by atoms with van der Waals surface area (Å²) in [4.78, 5) is 30.2. The summed E-state index contributed by atoms with van der Waals surface area (Å²) in [5, 5.41) is 5.23. The van der Waals surface area contributed by atoms with Crippen LogP contribution in [0.3, 0.4) is 0 Å². The second-order valence-electron chi connectivity index (χ2n) is 6.61. The molecule has 0 atom stereocenters. The summed E-state index contributed by atoms with van der Waals surface area (Å²) in [6.07, 6.45) is 0. The number of para-hydroxylation sites is 1. The molecule has 0 spiro atoms. The van der Waals surface area contributed by atoms with Crippen LogP contribution in [0.4, 0.5) is 5.69 Å². The number of aromatic nitrogens is 1. The van der Waals surface area contributed by atoms with Crippen molar-refractivity contribution >= 4 is 28.8 Å². The minimum absolute atomic E-state index is 0.0209. The van der Waals surface area contributed by atoms with E-state index in [0.717, 1.165) is 11.1 Å². The quantitative estimate of drug-likeness (QED) is 0.617. The van der Waals surface area contributed by atoms with E-state index >= 15 is 0 Å². The molecule has 0 radical (unpaired) electrons. The lowest BCUT2D eigenvalue weighted by Gasteiger charge is -2.15. The highest BCUT2D eigenvalue weighted by molar-refractivity contribution is 7.13. The first-order valence-corrected chi connectivity index (χ1v) is 10.1. The molecule has 2 amide bonds. The lowest BCUT2D eigenvalue weighted by Crippen LogP contribution is -2.23. The molecule has 1 heterocycles. The molecular weight excluding hydrogens is 402 g/mol. The molecule has 0 aliphatic carbocycles. The van der Waals surface area contributed by atoms with E-state index < -0.39 is 0 Å². The van der Waals surface area contributed by atoms with Crippen LogP contribution in [-0.4, -0.2) is 43.0 Å². The smallest absolute Gasteiger partial charge is 0.275 e. The Morgan fingerprint density at radius 1 is 1.13 bits per heavy atom. The van der Waals surface area contributed by atoms with Crippen LogP contribution in [0.5, 0.6) is 11.5 Å². The van der Waals surface area contributed by atoms with Gasteiger partial charge in [0.1, 0.15) is 10.7 Å². The van der Waals surface area contributed by atoms with Gasteiger partial charge in [0.2, 0.25) is 5.91 Å². The van der Waals surface area contributed by atoms with Gasteiger partial charge in [-0.15, -0.1) is 11.3 Å². The maximum atomic E-state index is 12.7. The average molecular weight is 426 g/mol. The summed E-state index contributed by atoms with van der Waals surface area (Å²) >= 11 is 1.35. The summed E-state index contributed by atoms with van der Waals surface area (Å²) in [5.41, 5.74) is 2.63. The predicted octanol–water partition coefficient (Wildman–Crippen LogP) is 4.06. The minimum atomic E-state index is -0.309. The number of carbonyl (C=O) groups is 2. The summed E-state index contributed by atoms with van der Waals surface area (Å²) in [7, 11) is 4.88. The summed E-state index contributed by atoms with van der Waals surface area (Å²) in [6.45, 7) is 1.98. The van der Waals surface area contributed by atoms with Crippen molar-refractivity contribution in [2.45, 2.75) is 13.5 Å². The Bertz CT molecular complexity index is 1060. The molecule has 30 heavy (non-hydrogen) atoms. The predicted molar refractivity (Wildman–Crippen MR) is 117 cm³/mol. The Morgan fingerprint density at radius 3 is 2.60 bits per heavy atom. The van der Waals surface area contributed by atoms with E-state index in [0.29, 0.717) is 34.4 Å². The lowest BCUT2D eigenvalue weighted by atomic mass is 10.2. The third-order valence-electron chi connectivity index (χ3n) is 4.51. The molecule has 0 aliphatic rings. The van der Waals surface area contributed by atoms with Crippen molar-refractivity contribution in [3.05, 3.63) is 59.1 Å². The maximum absolute atomic E-state index is 12.7. The van der Waals surface area contributed by atoms with Gasteiger partial charge >= 0.3 is 0 Å². The van der Waals surface area contributed by atoms with Gasteiger partial charge in [-0.2, -0.15) is 0 Å². The Balaban J connectivity index is 1.77. The number of nitrogens with zero attached hydrogens (tertiary/aromatic N) is 2. The van der Waals surface area contributed by atoms with Crippen LogP contribution in [0.2, 0.25) is 0 Å². The van der Waals surface area contributed by atoms with Crippen molar-refractivity contribution in [1.29, 1.82) is 0 Å². The van der Waals surface area contributed by atoms with Crippen LogP contribution in [0.25, 0.3) is 10.6 Å². The van der Waals surface area contributed by atoms with E-state index in [1.807, 2.05) is 30.3 Å². The van der Waals surface area contributed by atoms with Gasteiger partial charge in [-0.25, -0.2) is 4.98 Å². The molecule has 0 saturated heterocycles. The van der Waals surface area contributed by atoms with Crippen LogP contribution in [-0.2, 0) is 11.3 Å². The molecule has 0 aliphatic heterocycles. The van der Waals surface area contributed by atoms with Crippen LogP contribution in [0.1, 0.15) is 23.0 Å². The second-order valence-corrected chi connectivity index (χ2v) is 7.47. The highest BCUT2D eigenvalue weighted by Crippen LogP contribution is 2.39. The number of anilines is 1. The zero-order valence-electron chi connectivity index (χ0n) is 17.3. The number of hydrogen-bond donors (Lipinski definition) is 1. The Labute approximate surface area is 179 Å². The molecule has 0 saturated carbocycles. The Kier molecular flexibility index (Phi) is 6.68. The first-order chi connectivity index (χ1) is 14.4. The summed E-state index contributed by atoms with van der Waals surface area (Å²) < 4.78 is 10.8. The van der Waals surface area contributed by atoms with Crippen molar-refractivity contribution in [1.82, 2.24) is 9.88 Å². The van der Waals surface area contributed by atoms with Crippen molar-refractivity contribution in [2.75, 3.05) is 26.6 Å². The normalized spacial score (nSPS) is 10.4. The van der Waals surface area contributed by atoms with Gasteiger partial charge in [0, 0.05) is 31.6 Å². The zero-order valence-corrected chi connectivity index (χ0v) is 18.1. The molecule has 1 aromatic heterocycles. The minimum Gasteiger partial charge on any atom is -0.493 e. The van der Waals surface area contributed by atoms with Gasteiger partial charge in [-0.05, 0) is 29.8 Å². The van der Waals surface area contributed by atoms with Gasteiger partial charge in [0.05, 0.1) is 19.8 Å². The third kappa shape index (κ3) is 4.77. The Morgan fingerprint density at radius 2 is 1.90 bits per heavy atom.